The summed E-state index contributed by atoms with van der Waals surface area (Å²) in [7, 11) is 1.39. The maximum Gasteiger partial charge on any atom is 0.338 e. The van der Waals surface area contributed by atoms with Crippen molar-refractivity contribution in [2.45, 2.75) is 26.8 Å². The average Bonchev–Trinajstić information content (AvgIpc) is 2.87. The summed E-state index contributed by atoms with van der Waals surface area (Å²) in [5.74, 6) is 1.42. The zero-order chi connectivity index (χ0) is 14.7. The van der Waals surface area contributed by atoms with Crippen molar-refractivity contribution in [2.24, 2.45) is 0 Å². The van der Waals surface area contributed by atoms with Gasteiger partial charge in [0.15, 0.2) is 0 Å². The monoisotopic (exact) mass is 273 g/mol. The van der Waals surface area contributed by atoms with Crippen molar-refractivity contribution in [3.05, 3.63) is 53.0 Å². The summed E-state index contributed by atoms with van der Waals surface area (Å²) in [5.41, 5.74) is 2.34. The molecule has 0 saturated heterocycles. The number of carbonyl (C=O) groups is 1. The maximum absolute atomic E-state index is 11.7. The van der Waals surface area contributed by atoms with Crippen LogP contribution < -0.4 is 5.32 Å². The molecule has 0 aliphatic rings. The van der Waals surface area contributed by atoms with Crippen LogP contribution in [0.4, 0.5) is 5.69 Å². The molecule has 1 heterocycles. The maximum atomic E-state index is 11.7. The molecule has 0 fully saturated rings. The number of carbonyl (C=O) groups excluding carboxylic acids is 1. The zero-order valence-corrected chi connectivity index (χ0v) is 12.2. The van der Waals surface area contributed by atoms with Crippen LogP contribution in [0.5, 0.6) is 0 Å². The molecule has 0 aliphatic carbocycles. The van der Waals surface area contributed by atoms with Gasteiger partial charge in [0, 0.05) is 5.69 Å². The van der Waals surface area contributed by atoms with Gasteiger partial charge in [0.25, 0.3) is 0 Å². The van der Waals surface area contributed by atoms with Gasteiger partial charge in [-0.2, -0.15) is 0 Å². The number of ether oxygens (including phenoxy) is 1. The Morgan fingerprint density at radius 2 is 2.00 bits per heavy atom. The fraction of sp³-hybridized carbons (Fsp3) is 0.312. The van der Waals surface area contributed by atoms with Gasteiger partial charge >= 0.3 is 5.97 Å². The number of hydrogen-bond acceptors (Lipinski definition) is 4. The van der Waals surface area contributed by atoms with Crippen LogP contribution in [0.3, 0.4) is 0 Å². The first-order valence-corrected chi connectivity index (χ1v) is 6.53. The van der Waals surface area contributed by atoms with E-state index in [4.69, 9.17) is 9.15 Å². The van der Waals surface area contributed by atoms with Gasteiger partial charge in [-0.25, -0.2) is 4.79 Å². The van der Waals surface area contributed by atoms with E-state index in [2.05, 4.69) is 5.32 Å². The van der Waals surface area contributed by atoms with Gasteiger partial charge in [0.05, 0.1) is 18.7 Å². The van der Waals surface area contributed by atoms with Gasteiger partial charge in [-0.15, -0.1) is 0 Å². The fourth-order valence-corrected chi connectivity index (χ4v) is 2.11. The zero-order valence-electron chi connectivity index (χ0n) is 12.2. The van der Waals surface area contributed by atoms with Crippen LogP contribution in [0, 0.1) is 13.8 Å². The highest BCUT2D eigenvalue weighted by Crippen LogP contribution is 2.25. The molecule has 1 aromatic heterocycles. The summed E-state index contributed by atoms with van der Waals surface area (Å²) in [4.78, 5) is 11.7. The fourth-order valence-electron chi connectivity index (χ4n) is 2.11. The minimum atomic E-state index is -0.326. The molecule has 2 rings (SSSR count). The molecule has 4 nitrogen and oxygen atoms in total. The predicted octanol–water partition coefficient (Wildman–Crippen LogP) is 3.86. The third-order valence-electron chi connectivity index (χ3n) is 3.30. The minimum absolute atomic E-state index is 0.0234. The van der Waals surface area contributed by atoms with E-state index in [1.54, 1.807) is 6.07 Å². The predicted molar refractivity (Wildman–Crippen MR) is 78.0 cm³/mol. The molecule has 0 spiro atoms. The van der Waals surface area contributed by atoms with Gasteiger partial charge < -0.3 is 14.5 Å². The number of aryl methyl sites for hydroxylation is 1. The molecule has 0 bridgehead atoms. The highest BCUT2D eigenvalue weighted by molar-refractivity contribution is 5.92. The number of nitrogens with one attached hydrogen (secondary N) is 1. The molecular weight excluding hydrogens is 254 g/mol. The Hall–Kier alpha value is -2.23. The molecule has 106 valence electrons. The number of anilines is 1. The molecule has 1 unspecified atom stereocenters. The summed E-state index contributed by atoms with van der Waals surface area (Å²) < 4.78 is 10.4. The Kier molecular flexibility index (Phi) is 4.13. The summed E-state index contributed by atoms with van der Waals surface area (Å²) >= 11 is 0. The van der Waals surface area contributed by atoms with E-state index < -0.39 is 0 Å². The van der Waals surface area contributed by atoms with Crippen molar-refractivity contribution in [3.8, 4) is 0 Å². The first kappa shape index (κ1) is 14.2. The Morgan fingerprint density at radius 3 is 2.60 bits per heavy atom. The number of hydrogen-bond donors (Lipinski definition) is 1. The summed E-state index contributed by atoms with van der Waals surface area (Å²) in [5, 5.41) is 3.36. The lowest BCUT2D eigenvalue weighted by atomic mass is 10.1. The van der Waals surface area contributed by atoms with Crippen LogP contribution in [-0.2, 0) is 4.74 Å². The molecule has 2 aromatic rings. The van der Waals surface area contributed by atoms with E-state index >= 15 is 0 Å². The van der Waals surface area contributed by atoms with Crippen molar-refractivity contribution in [2.75, 3.05) is 12.4 Å². The number of rotatable bonds is 4. The Labute approximate surface area is 118 Å². The van der Waals surface area contributed by atoms with E-state index in [1.165, 1.54) is 7.11 Å². The molecule has 1 aromatic carbocycles. The normalized spacial score (nSPS) is 12.0. The molecule has 4 heteroatoms. The average molecular weight is 273 g/mol. The highest BCUT2D eigenvalue weighted by Gasteiger charge is 2.15. The molecule has 0 aliphatic heterocycles. The highest BCUT2D eigenvalue weighted by atomic mass is 16.5. The first-order chi connectivity index (χ1) is 9.52. The Bertz CT molecular complexity index is 616. The molecule has 0 saturated carbocycles. The lowest BCUT2D eigenvalue weighted by Crippen LogP contribution is -2.10. The second kappa shape index (κ2) is 5.82. The molecule has 1 atom stereocenters. The topological polar surface area (TPSA) is 51.5 Å². The van der Waals surface area contributed by atoms with E-state index in [-0.39, 0.29) is 12.0 Å². The van der Waals surface area contributed by atoms with E-state index in [0.717, 1.165) is 22.8 Å². The van der Waals surface area contributed by atoms with Crippen LogP contribution in [0.15, 0.2) is 34.7 Å². The molecular formula is C16H19NO3. The molecule has 0 amide bonds. The number of methoxy groups -OCH3 is 1. The minimum Gasteiger partial charge on any atom is -0.465 e. The molecule has 20 heavy (non-hydrogen) atoms. The number of benzene rings is 1. The van der Waals surface area contributed by atoms with Gasteiger partial charge in [-0.05, 0) is 50.6 Å². The lowest BCUT2D eigenvalue weighted by Gasteiger charge is -2.16. The number of furan rings is 1. The van der Waals surface area contributed by atoms with Crippen LogP contribution in [0.1, 0.15) is 40.4 Å². The van der Waals surface area contributed by atoms with E-state index in [1.807, 2.05) is 45.0 Å². The van der Waals surface area contributed by atoms with Crippen molar-refractivity contribution in [3.63, 3.8) is 0 Å². The van der Waals surface area contributed by atoms with E-state index in [9.17, 15) is 4.79 Å². The van der Waals surface area contributed by atoms with Gasteiger partial charge in [0.2, 0.25) is 0 Å². The van der Waals surface area contributed by atoms with Gasteiger partial charge in [0.1, 0.15) is 11.5 Å². The lowest BCUT2D eigenvalue weighted by molar-refractivity contribution is 0.0600. The molecule has 1 N–H and O–H groups in total. The van der Waals surface area contributed by atoms with Crippen LogP contribution in [0.25, 0.3) is 0 Å². The number of esters is 1. The summed E-state index contributed by atoms with van der Waals surface area (Å²) in [6, 6.07) is 9.44. The second-order valence-electron chi connectivity index (χ2n) is 4.78. The van der Waals surface area contributed by atoms with Gasteiger partial charge in [-0.3, -0.25) is 0 Å². The van der Waals surface area contributed by atoms with Crippen LogP contribution >= 0.6 is 0 Å². The van der Waals surface area contributed by atoms with Gasteiger partial charge in [-0.1, -0.05) is 6.07 Å². The smallest absolute Gasteiger partial charge is 0.338 e. The summed E-state index contributed by atoms with van der Waals surface area (Å²) in [6.07, 6.45) is 0. The quantitative estimate of drug-likeness (QED) is 0.859. The Morgan fingerprint density at radius 1 is 1.25 bits per heavy atom. The third-order valence-corrected chi connectivity index (χ3v) is 3.30. The van der Waals surface area contributed by atoms with Crippen molar-refractivity contribution in [1.82, 2.24) is 0 Å². The summed E-state index contributed by atoms with van der Waals surface area (Å²) in [6.45, 7) is 5.83. The van der Waals surface area contributed by atoms with Crippen LogP contribution in [0.2, 0.25) is 0 Å². The standard InChI is InChI=1S/C16H19NO3/c1-10-8-9-15(20-10)12(3)17-14-7-5-6-13(11(14)2)16(18)19-4/h5-9,12,17H,1-4H3. The SMILES string of the molecule is COC(=O)c1cccc(NC(C)c2ccc(C)o2)c1C. The van der Waals surface area contributed by atoms with Crippen molar-refractivity contribution >= 4 is 11.7 Å². The largest absolute Gasteiger partial charge is 0.465 e. The third kappa shape index (κ3) is 2.85. The first-order valence-electron chi connectivity index (χ1n) is 6.53. The molecule has 0 radical (unpaired) electrons. The van der Waals surface area contributed by atoms with Crippen molar-refractivity contribution < 1.29 is 13.9 Å². The van der Waals surface area contributed by atoms with Crippen LogP contribution in [-0.4, -0.2) is 13.1 Å². The Balaban J connectivity index is 2.23. The van der Waals surface area contributed by atoms with E-state index in [0.29, 0.717) is 5.56 Å². The van der Waals surface area contributed by atoms with Crippen molar-refractivity contribution in [1.29, 1.82) is 0 Å². The second-order valence-corrected chi connectivity index (χ2v) is 4.78.